The van der Waals surface area contributed by atoms with Gasteiger partial charge < -0.3 is 10.1 Å². The van der Waals surface area contributed by atoms with E-state index in [0.717, 1.165) is 17.9 Å². The van der Waals surface area contributed by atoms with Crippen LogP contribution in [0.4, 0.5) is 0 Å². The van der Waals surface area contributed by atoms with Crippen LogP contribution in [0.3, 0.4) is 0 Å². The summed E-state index contributed by atoms with van der Waals surface area (Å²) < 4.78 is 5.68. The molecular weight excluding hydrogens is 228 g/mol. The summed E-state index contributed by atoms with van der Waals surface area (Å²) in [6.45, 7) is 6.33. The van der Waals surface area contributed by atoms with Crippen molar-refractivity contribution in [2.75, 3.05) is 33.3 Å². The maximum absolute atomic E-state index is 11.3. The molecule has 4 heteroatoms. The number of benzene rings is 1. The van der Waals surface area contributed by atoms with Crippen molar-refractivity contribution in [2.45, 2.75) is 13.8 Å². The van der Waals surface area contributed by atoms with E-state index in [4.69, 9.17) is 4.74 Å². The van der Waals surface area contributed by atoms with E-state index >= 15 is 0 Å². The zero-order chi connectivity index (χ0) is 13.4. The highest BCUT2D eigenvalue weighted by Gasteiger charge is 2.05. The smallest absolute Gasteiger partial charge is 0.234 e. The molecule has 0 aliphatic carbocycles. The van der Waals surface area contributed by atoms with Gasteiger partial charge in [-0.2, -0.15) is 0 Å². The summed E-state index contributed by atoms with van der Waals surface area (Å²) in [5.74, 6) is 0.958. The van der Waals surface area contributed by atoms with Gasteiger partial charge in [0.15, 0.2) is 0 Å². The van der Waals surface area contributed by atoms with Gasteiger partial charge in [-0.3, -0.25) is 9.69 Å². The van der Waals surface area contributed by atoms with Gasteiger partial charge in [-0.15, -0.1) is 0 Å². The molecule has 0 aliphatic heterocycles. The molecule has 1 amide bonds. The Morgan fingerprint density at radius 2 is 2.11 bits per heavy atom. The number of nitrogens with zero attached hydrogens (tertiary/aromatic N) is 1. The molecule has 0 radical (unpaired) electrons. The minimum atomic E-state index is 0.0518. The van der Waals surface area contributed by atoms with E-state index in [2.05, 4.69) is 5.32 Å². The number of ether oxygens (including phenoxy) is 1. The molecule has 0 heterocycles. The zero-order valence-corrected chi connectivity index (χ0v) is 11.4. The van der Waals surface area contributed by atoms with Crippen molar-refractivity contribution in [3.05, 3.63) is 29.8 Å². The van der Waals surface area contributed by atoms with E-state index in [1.54, 1.807) is 0 Å². The number of hydrogen-bond acceptors (Lipinski definition) is 3. The van der Waals surface area contributed by atoms with Crippen molar-refractivity contribution < 1.29 is 9.53 Å². The fourth-order valence-corrected chi connectivity index (χ4v) is 1.61. The average molecular weight is 250 g/mol. The zero-order valence-electron chi connectivity index (χ0n) is 11.4. The van der Waals surface area contributed by atoms with Crippen LogP contribution in [0, 0.1) is 6.92 Å². The minimum absolute atomic E-state index is 0.0518. The lowest BCUT2D eigenvalue weighted by Gasteiger charge is -2.16. The third-order valence-corrected chi connectivity index (χ3v) is 2.61. The second-order valence-corrected chi connectivity index (χ2v) is 4.31. The van der Waals surface area contributed by atoms with Crippen molar-refractivity contribution in [1.82, 2.24) is 10.2 Å². The summed E-state index contributed by atoms with van der Waals surface area (Å²) in [7, 11) is 1.91. The molecule has 0 saturated carbocycles. The summed E-state index contributed by atoms with van der Waals surface area (Å²) in [5.41, 5.74) is 1.13. The molecule has 1 aromatic rings. The van der Waals surface area contributed by atoms with Crippen LogP contribution in [0.5, 0.6) is 5.75 Å². The van der Waals surface area contributed by atoms with E-state index in [9.17, 15) is 4.79 Å². The molecule has 100 valence electrons. The van der Waals surface area contributed by atoms with Crippen molar-refractivity contribution in [3.8, 4) is 5.75 Å². The molecular formula is C14H22N2O2. The first kappa shape index (κ1) is 14.5. The number of nitrogens with one attached hydrogen (secondary N) is 1. The predicted molar refractivity (Wildman–Crippen MR) is 72.9 cm³/mol. The summed E-state index contributed by atoms with van der Waals surface area (Å²) in [5, 5.41) is 2.77. The van der Waals surface area contributed by atoms with Gasteiger partial charge in [-0.05, 0) is 32.5 Å². The van der Waals surface area contributed by atoms with Crippen LogP contribution in [-0.4, -0.2) is 44.1 Å². The molecule has 1 N–H and O–H groups in total. The SMILES string of the molecule is CCNC(=O)CN(C)CCOc1ccccc1C. The third-order valence-electron chi connectivity index (χ3n) is 2.61. The first-order valence-electron chi connectivity index (χ1n) is 6.27. The molecule has 0 saturated heterocycles. The van der Waals surface area contributed by atoms with Crippen molar-refractivity contribution in [2.24, 2.45) is 0 Å². The van der Waals surface area contributed by atoms with Crippen LogP contribution >= 0.6 is 0 Å². The second-order valence-electron chi connectivity index (χ2n) is 4.31. The van der Waals surface area contributed by atoms with Gasteiger partial charge in [0.1, 0.15) is 12.4 Å². The fraction of sp³-hybridized carbons (Fsp3) is 0.500. The van der Waals surface area contributed by atoms with Crippen molar-refractivity contribution in [3.63, 3.8) is 0 Å². The van der Waals surface area contributed by atoms with Gasteiger partial charge in [0.25, 0.3) is 0 Å². The van der Waals surface area contributed by atoms with Gasteiger partial charge in [-0.25, -0.2) is 0 Å². The maximum atomic E-state index is 11.3. The Kier molecular flexibility index (Phi) is 6.22. The number of amides is 1. The average Bonchev–Trinajstić information content (AvgIpc) is 2.31. The molecule has 0 fully saturated rings. The van der Waals surface area contributed by atoms with Gasteiger partial charge in [0, 0.05) is 13.1 Å². The summed E-state index contributed by atoms with van der Waals surface area (Å²) in [6, 6.07) is 7.93. The number of aryl methyl sites for hydroxylation is 1. The van der Waals surface area contributed by atoms with E-state index in [-0.39, 0.29) is 5.91 Å². The summed E-state index contributed by atoms with van der Waals surface area (Å²) in [4.78, 5) is 13.3. The Morgan fingerprint density at radius 3 is 2.78 bits per heavy atom. The number of rotatable bonds is 7. The quantitative estimate of drug-likeness (QED) is 0.796. The maximum Gasteiger partial charge on any atom is 0.234 e. The van der Waals surface area contributed by atoms with Crippen LogP contribution in [0.2, 0.25) is 0 Å². The molecule has 0 aromatic heterocycles. The highest BCUT2D eigenvalue weighted by Crippen LogP contribution is 2.15. The molecule has 0 atom stereocenters. The molecule has 1 rings (SSSR count). The van der Waals surface area contributed by atoms with Crippen molar-refractivity contribution in [1.29, 1.82) is 0 Å². The largest absolute Gasteiger partial charge is 0.492 e. The highest BCUT2D eigenvalue weighted by molar-refractivity contribution is 5.77. The fourth-order valence-electron chi connectivity index (χ4n) is 1.61. The van der Waals surface area contributed by atoms with Crippen LogP contribution in [0.1, 0.15) is 12.5 Å². The highest BCUT2D eigenvalue weighted by atomic mass is 16.5. The van der Waals surface area contributed by atoms with Crippen LogP contribution in [0.25, 0.3) is 0 Å². The Bertz CT molecular complexity index is 380. The Labute approximate surface area is 109 Å². The van der Waals surface area contributed by atoms with E-state index in [1.165, 1.54) is 0 Å². The second kappa shape index (κ2) is 7.71. The lowest BCUT2D eigenvalue weighted by molar-refractivity contribution is -0.121. The summed E-state index contributed by atoms with van der Waals surface area (Å²) in [6.07, 6.45) is 0. The summed E-state index contributed by atoms with van der Waals surface area (Å²) >= 11 is 0. The Balaban J connectivity index is 2.25. The standard InChI is InChI=1S/C14H22N2O2/c1-4-15-14(17)11-16(3)9-10-18-13-8-6-5-7-12(13)2/h5-8H,4,9-11H2,1-3H3,(H,15,17). The number of para-hydroxylation sites is 1. The monoisotopic (exact) mass is 250 g/mol. The molecule has 4 nitrogen and oxygen atoms in total. The van der Waals surface area contributed by atoms with Crippen LogP contribution in [-0.2, 0) is 4.79 Å². The lowest BCUT2D eigenvalue weighted by atomic mass is 10.2. The Morgan fingerprint density at radius 1 is 1.39 bits per heavy atom. The minimum Gasteiger partial charge on any atom is -0.492 e. The molecule has 0 spiro atoms. The van der Waals surface area contributed by atoms with Crippen LogP contribution in [0.15, 0.2) is 24.3 Å². The predicted octanol–water partition coefficient (Wildman–Crippen LogP) is 1.44. The molecule has 18 heavy (non-hydrogen) atoms. The van der Waals surface area contributed by atoms with Crippen molar-refractivity contribution >= 4 is 5.91 Å². The molecule has 1 aromatic carbocycles. The van der Waals surface area contributed by atoms with Gasteiger partial charge >= 0.3 is 0 Å². The van der Waals surface area contributed by atoms with Gasteiger partial charge in [0.05, 0.1) is 6.54 Å². The van der Waals surface area contributed by atoms with Gasteiger partial charge in [-0.1, -0.05) is 18.2 Å². The Hall–Kier alpha value is -1.55. The van der Waals surface area contributed by atoms with E-state index in [0.29, 0.717) is 19.7 Å². The molecule has 0 aliphatic rings. The van der Waals surface area contributed by atoms with E-state index in [1.807, 2.05) is 50.1 Å². The van der Waals surface area contributed by atoms with Crippen LogP contribution < -0.4 is 10.1 Å². The van der Waals surface area contributed by atoms with Gasteiger partial charge in [0.2, 0.25) is 5.91 Å². The molecule has 0 unspecified atom stereocenters. The number of carbonyl (C=O) groups is 1. The normalized spacial score (nSPS) is 10.4. The third kappa shape index (κ3) is 5.19. The number of likely N-dealkylation sites (N-methyl/N-ethyl adjacent to an activating group) is 2. The molecule has 0 bridgehead atoms. The first-order chi connectivity index (χ1) is 8.63. The number of carbonyl (C=O) groups excluding carboxylic acids is 1. The van der Waals surface area contributed by atoms with E-state index < -0.39 is 0 Å². The topological polar surface area (TPSA) is 41.6 Å². The first-order valence-corrected chi connectivity index (χ1v) is 6.27. The lowest BCUT2D eigenvalue weighted by Crippen LogP contribution is -2.36. The number of hydrogen-bond donors (Lipinski definition) is 1.